The number of hydrogen-bond acceptors (Lipinski definition) is 3. The number of rotatable bonds is 6. The van der Waals surface area contributed by atoms with Gasteiger partial charge in [0.25, 0.3) is 5.91 Å². The standard InChI is InChI=1S/C20H18F3NO3/c1-14-4-2-3-5-16(14)12-24-18(25)13-27-19(26)11-8-15-6-9-17(10-7-15)20(21,22)23/h2-11H,12-13H2,1H3,(H,24,25)/b11-8+. The molecule has 4 nitrogen and oxygen atoms in total. The Morgan fingerprint density at radius 2 is 1.74 bits per heavy atom. The van der Waals surface area contributed by atoms with Gasteiger partial charge in [0.05, 0.1) is 5.56 Å². The molecule has 0 atom stereocenters. The summed E-state index contributed by atoms with van der Waals surface area (Å²) in [5.74, 6) is -1.21. The molecule has 0 heterocycles. The number of carbonyl (C=O) groups is 2. The lowest BCUT2D eigenvalue weighted by atomic mass is 10.1. The van der Waals surface area contributed by atoms with Gasteiger partial charge in [0, 0.05) is 12.6 Å². The number of benzene rings is 2. The first-order valence-electron chi connectivity index (χ1n) is 8.09. The van der Waals surface area contributed by atoms with Gasteiger partial charge in [-0.1, -0.05) is 36.4 Å². The summed E-state index contributed by atoms with van der Waals surface area (Å²) in [4.78, 5) is 23.3. The van der Waals surface area contributed by atoms with Crippen molar-refractivity contribution >= 4 is 18.0 Å². The normalized spacial score (nSPS) is 11.4. The molecule has 1 amide bonds. The van der Waals surface area contributed by atoms with E-state index >= 15 is 0 Å². The van der Waals surface area contributed by atoms with E-state index in [0.717, 1.165) is 29.3 Å². The van der Waals surface area contributed by atoms with Crippen molar-refractivity contribution in [3.63, 3.8) is 0 Å². The Morgan fingerprint density at radius 3 is 2.37 bits per heavy atom. The monoisotopic (exact) mass is 377 g/mol. The second kappa shape index (κ2) is 9.02. The summed E-state index contributed by atoms with van der Waals surface area (Å²) in [5, 5.41) is 2.64. The largest absolute Gasteiger partial charge is 0.452 e. The van der Waals surface area contributed by atoms with Crippen molar-refractivity contribution in [1.29, 1.82) is 0 Å². The number of carbonyl (C=O) groups excluding carboxylic acids is 2. The number of nitrogens with one attached hydrogen (secondary N) is 1. The van der Waals surface area contributed by atoms with Gasteiger partial charge in [0.2, 0.25) is 0 Å². The van der Waals surface area contributed by atoms with Gasteiger partial charge in [0.1, 0.15) is 0 Å². The van der Waals surface area contributed by atoms with Gasteiger partial charge in [0.15, 0.2) is 6.61 Å². The Balaban J connectivity index is 1.77. The Hall–Kier alpha value is -3.09. The molecule has 27 heavy (non-hydrogen) atoms. The van der Waals surface area contributed by atoms with Gasteiger partial charge in [-0.25, -0.2) is 4.79 Å². The fourth-order valence-corrected chi connectivity index (χ4v) is 2.19. The number of amides is 1. The molecule has 2 aromatic rings. The van der Waals surface area contributed by atoms with Crippen molar-refractivity contribution in [2.45, 2.75) is 19.6 Å². The van der Waals surface area contributed by atoms with Crippen LogP contribution in [-0.2, 0) is 27.0 Å². The number of esters is 1. The van der Waals surface area contributed by atoms with Crippen molar-refractivity contribution in [2.75, 3.05) is 6.61 Å². The average molecular weight is 377 g/mol. The van der Waals surface area contributed by atoms with E-state index in [1.807, 2.05) is 31.2 Å². The van der Waals surface area contributed by atoms with Crippen LogP contribution in [0.15, 0.2) is 54.6 Å². The first-order valence-corrected chi connectivity index (χ1v) is 8.09. The zero-order chi connectivity index (χ0) is 19.9. The number of aryl methyl sites for hydroxylation is 1. The molecule has 142 valence electrons. The van der Waals surface area contributed by atoms with Gasteiger partial charge < -0.3 is 10.1 Å². The maximum absolute atomic E-state index is 12.5. The molecule has 0 saturated heterocycles. The summed E-state index contributed by atoms with van der Waals surface area (Å²) in [6.45, 7) is 1.81. The summed E-state index contributed by atoms with van der Waals surface area (Å²) in [7, 11) is 0. The third-order valence-electron chi connectivity index (χ3n) is 3.73. The van der Waals surface area contributed by atoms with Crippen LogP contribution in [0.5, 0.6) is 0 Å². The van der Waals surface area contributed by atoms with Crippen LogP contribution in [0.3, 0.4) is 0 Å². The Bertz CT molecular complexity index is 827. The van der Waals surface area contributed by atoms with Crippen LogP contribution in [-0.4, -0.2) is 18.5 Å². The molecular weight excluding hydrogens is 359 g/mol. The molecule has 0 unspecified atom stereocenters. The Kier molecular flexibility index (Phi) is 6.76. The van der Waals surface area contributed by atoms with Crippen LogP contribution in [0, 0.1) is 6.92 Å². The van der Waals surface area contributed by atoms with Crippen LogP contribution in [0.4, 0.5) is 13.2 Å². The minimum atomic E-state index is -4.41. The van der Waals surface area contributed by atoms with Gasteiger partial charge in [-0.05, 0) is 41.8 Å². The molecule has 2 rings (SSSR count). The second-order valence-corrected chi connectivity index (χ2v) is 5.76. The van der Waals surface area contributed by atoms with Crippen LogP contribution in [0.1, 0.15) is 22.3 Å². The summed E-state index contributed by atoms with van der Waals surface area (Å²) in [5.41, 5.74) is 1.63. The summed E-state index contributed by atoms with van der Waals surface area (Å²) >= 11 is 0. The first-order chi connectivity index (χ1) is 12.8. The van der Waals surface area contributed by atoms with Gasteiger partial charge in [-0.2, -0.15) is 13.2 Å². The topological polar surface area (TPSA) is 55.4 Å². The highest BCUT2D eigenvalue weighted by molar-refractivity contribution is 5.89. The predicted molar refractivity (Wildman–Crippen MR) is 94.5 cm³/mol. The van der Waals surface area contributed by atoms with Crippen molar-refractivity contribution in [1.82, 2.24) is 5.32 Å². The van der Waals surface area contributed by atoms with Gasteiger partial charge >= 0.3 is 12.1 Å². The van der Waals surface area contributed by atoms with Crippen LogP contribution in [0.2, 0.25) is 0 Å². The summed E-state index contributed by atoms with van der Waals surface area (Å²) < 4.78 is 42.2. The van der Waals surface area contributed by atoms with Gasteiger partial charge in [-0.15, -0.1) is 0 Å². The molecule has 0 fully saturated rings. The molecule has 0 radical (unpaired) electrons. The summed E-state index contributed by atoms with van der Waals surface area (Å²) in [6, 6.07) is 11.9. The second-order valence-electron chi connectivity index (χ2n) is 5.76. The first kappa shape index (κ1) is 20.2. The van der Waals surface area contributed by atoms with Crippen LogP contribution in [0.25, 0.3) is 6.08 Å². The average Bonchev–Trinajstić information content (AvgIpc) is 2.63. The molecule has 0 saturated carbocycles. The maximum atomic E-state index is 12.5. The van der Waals surface area contributed by atoms with E-state index in [-0.39, 0.29) is 0 Å². The highest BCUT2D eigenvalue weighted by Gasteiger charge is 2.29. The summed E-state index contributed by atoms with van der Waals surface area (Å²) in [6.07, 6.45) is -2.04. The molecular formula is C20H18F3NO3. The minimum Gasteiger partial charge on any atom is -0.452 e. The lowest BCUT2D eigenvalue weighted by Crippen LogP contribution is -2.28. The van der Waals surface area contributed by atoms with Crippen molar-refractivity contribution in [3.8, 4) is 0 Å². The van der Waals surface area contributed by atoms with Crippen LogP contribution < -0.4 is 5.32 Å². The van der Waals surface area contributed by atoms with Crippen molar-refractivity contribution in [2.24, 2.45) is 0 Å². The number of alkyl halides is 3. The zero-order valence-corrected chi connectivity index (χ0v) is 14.5. The van der Waals surface area contributed by atoms with Gasteiger partial charge in [-0.3, -0.25) is 4.79 Å². The molecule has 0 bridgehead atoms. The lowest BCUT2D eigenvalue weighted by molar-refractivity contribution is -0.143. The van der Waals surface area contributed by atoms with E-state index in [2.05, 4.69) is 5.32 Å². The zero-order valence-electron chi connectivity index (χ0n) is 14.5. The van der Waals surface area contributed by atoms with E-state index in [0.29, 0.717) is 12.1 Å². The Morgan fingerprint density at radius 1 is 1.07 bits per heavy atom. The van der Waals surface area contributed by atoms with E-state index in [1.54, 1.807) is 0 Å². The molecule has 0 aliphatic rings. The molecule has 0 aromatic heterocycles. The minimum absolute atomic E-state index is 0.324. The van der Waals surface area contributed by atoms with E-state index < -0.39 is 30.2 Å². The van der Waals surface area contributed by atoms with E-state index in [1.165, 1.54) is 18.2 Å². The highest BCUT2D eigenvalue weighted by atomic mass is 19.4. The van der Waals surface area contributed by atoms with E-state index in [4.69, 9.17) is 4.74 Å². The number of halogens is 3. The van der Waals surface area contributed by atoms with E-state index in [9.17, 15) is 22.8 Å². The van der Waals surface area contributed by atoms with Crippen LogP contribution >= 0.6 is 0 Å². The van der Waals surface area contributed by atoms with Crippen molar-refractivity contribution in [3.05, 3.63) is 76.9 Å². The molecule has 0 aliphatic heterocycles. The highest BCUT2D eigenvalue weighted by Crippen LogP contribution is 2.29. The molecule has 0 spiro atoms. The molecule has 1 N–H and O–H groups in total. The SMILES string of the molecule is Cc1ccccc1CNC(=O)COC(=O)/C=C/c1ccc(C(F)(F)F)cc1. The molecule has 2 aromatic carbocycles. The predicted octanol–water partition coefficient (Wildman–Crippen LogP) is 3.89. The Labute approximate surface area is 154 Å². The molecule has 0 aliphatic carbocycles. The quantitative estimate of drug-likeness (QED) is 0.614. The fraction of sp³-hybridized carbons (Fsp3) is 0.200. The number of ether oxygens (including phenoxy) is 1. The maximum Gasteiger partial charge on any atom is 0.416 e. The fourth-order valence-electron chi connectivity index (χ4n) is 2.19. The third-order valence-corrected chi connectivity index (χ3v) is 3.73. The van der Waals surface area contributed by atoms with Crippen molar-refractivity contribution < 1.29 is 27.5 Å². The smallest absolute Gasteiger partial charge is 0.416 e. The number of hydrogen-bond donors (Lipinski definition) is 1. The third kappa shape index (κ3) is 6.62. The molecule has 7 heteroatoms. The lowest BCUT2D eigenvalue weighted by Gasteiger charge is -2.08.